The largest absolute Gasteiger partial charge is 0.497 e. The van der Waals surface area contributed by atoms with Crippen molar-refractivity contribution < 1.29 is 14.3 Å². The highest BCUT2D eigenvalue weighted by molar-refractivity contribution is 5.97. The highest BCUT2D eigenvalue weighted by Gasteiger charge is 2.25. The van der Waals surface area contributed by atoms with Crippen LogP contribution in [-0.2, 0) is 19.5 Å². The van der Waals surface area contributed by atoms with Crippen molar-refractivity contribution >= 4 is 5.91 Å². The van der Waals surface area contributed by atoms with Gasteiger partial charge in [0, 0.05) is 32.1 Å². The maximum atomic E-state index is 13.1. The molecule has 0 unspecified atom stereocenters. The number of fused-ring (bicyclic) bond motifs is 1. The molecule has 0 N–H and O–H groups in total. The van der Waals surface area contributed by atoms with Crippen molar-refractivity contribution in [2.45, 2.75) is 19.5 Å². The lowest BCUT2D eigenvalue weighted by Gasteiger charge is -2.21. The molecule has 1 aromatic heterocycles. The van der Waals surface area contributed by atoms with Crippen LogP contribution in [0.3, 0.4) is 0 Å². The van der Waals surface area contributed by atoms with Crippen molar-refractivity contribution in [1.29, 1.82) is 0 Å². The average Bonchev–Trinajstić information content (AvgIpc) is 2.94. The van der Waals surface area contributed by atoms with Gasteiger partial charge in [0.15, 0.2) is 0 Å². The predicted molar refractivity (Wildman–Crippen MR) is 111 cm³/mol. The molecule has 0 atom stereocenters. The van der Waals surface area contributed by atoms with Gasteiger partial charge in [-0.1, -0.05) is 30.3 Å². The number of amides is 1. The molecule has 2 aromatic carbocycles. The molecular formula is C22H24N4O4. The highest BCUT2D eigenvalue weighted by atomic mass is 16.5. The van der Waals surface area contributed by atoms with Crippen LogP contribution in [0.25, 0.3) is 0 Å². The van der Waals surface area contributed by atoms with Gasteiger partial charge in [0.05, 0.1) is 26.3 Å². The summed E-state index contributed by atoms with van der Waals surface area (Å²) < 4.78 is 13.7. The summed E-state index contributed by atoms with van der Waals surface area (Å²) in [5, 5.41) is 4.52. The lowest BCUT2D eigenvalue weighted by molar-refractivity contribution is 0.0755. The zero-order valence-corrected chi connectivity index (χ0v) is 17.1. The minimum Gasteiger partial charge on any atom is -0.497 e. The Kier molecular flexibility index (Phi) is 5.56. The molecule has 0 aliphatic carbocycles. The molecule has 0 bridgehead atoms. The fraction of sp³-hybridized carbons (Fsp3) is 0.318. The second kappa shape index (κ2) is 8.44. The number of hydrogen-bond acceptors (Lipinski definition) is 5. The third kappa shape index (κ3) is 3.80. The molecule has 1 amide bonds. The fourth-order valence-electron chi connectivity index (χ4n) is 3.67. The fourth-order valence-corrected chi connectivity index (χ4v) is 3.67. The van der Waals surface area contributed by atoms with Crippen LogP contribution in [0.2, 0.25) is 0 Å². The monoisotopic (exact) mass is 408 g/mol. The summed E-state index contributed by atoms with van der Waals surface area (Å²) in [5.74, 6) is 1.66. The third-order valence-electron chi connectivity index (χ3n) is 5.30. The molecule has 1 aliphatic rings. The number of carbonyl (C=O) groups is 1. The van der Waals surface area contributed by atoms with Gasteiger partial charge in [0.25, 0.3) is 5.91 Å². The first-order valence-corrected chi connectivity index (χ1v) is 9.82. The number of benzene rings is 2. The van der Waals surface area contributed by atoms with E-state index in [1.807, 2.05) is 30.3 Å². The standard InChI is InChI=1S/C22H24N4O4/c1-29-17-8-9-18(19(14-17)30-2)21(27)24-11-10-20-23-26(22(28)25(20)13-12-24)15-16-6-4-3-5-7-16/h3-9,14H,10-13,15H2,1-2H3. The normalized spacial score (nSPS) is 13.5. The Morgan fingerprint density at radius 3 is 2.57 bits per heavy atom. The molecule has 0 spiro atoms. The van der Waals surface area contributed by atoms with Crippen LogP contribution in [0.5, 0.6) is 11.5 Å². The van der Waals surface area contributed by atoms with E-state index in [0.717, 1.165) is 5.56 Å². The number of hydrogen-bond donors (Lipinski definition) is 0. The van der Waals surface area contributed by atoms with Crippen LogP contribution >= 0.6 is 0 Å². The van der Waals surface area contributed by atoms with E-state index in [4.69, 9.17) is 9.47 Å². The summed E-state index contributed by atoms with van der Waals surface area (Å²) >= 11 is 0. The SMILES string of the molecule is COc1ccc(C(=O)N2CCc3nn(Cc4ccccc4)c(=O)n3CC2)c(OC)c1. The van der Waals surface area contributed by atoms with Gasteiger partial charge in [-0.15, -0.1) is 0 Å². The van der Waals surface area contributed by atoms with Gasteiger partial charge in [-0.25, -0.2) is 9.48 Å². The van der Waals surface area contributed by atoms with Gasteiger partial charge in [0.1, 0.15) is 17.3 Å². The van der Waals surface area contributed by atoms with Crippen molar-refractivity contribution in [2.75, 3.05) is 27.3 Å². The average molecular weight is 408 g/mol. The van der Waals surface area contributed by atoms with E-state index < -0.39 is 0 Å². The second-order valence-electron chi connectivity index (χ2n) is 7.10. The second-order valence-corrected chi connectivity index (χ2v) is 7.10. The van der Waals surface area contributed by atoms with Crippen molar-refractivity contribution in [2.24, 2.45) is 0 Å². The zero-order chi connectivity index (χ0) is 21.1. The highest BCUT2D eigenvalue weighted by Crippen LogP contribution is 2.26. The number of nitrogens with zero attached hydrogens (tertiary/aromatic N) is 4. The van der Waals surface area contributed by atoms with Crippen LogP contribution in [0.4, 0.5) is 0 Å². The van der Waals surface area contributed by atoms with Crippen LogP contribution < -0.4 is 15.2 Å². The first kappa shape index (κ1) is 19.8. The van der Waals surface area contributed by atoms with Crippen molar-refractivity contribution in [1.82, 2.24) is 19.2 Å². The molecule has 0 saturated carbocycles. The zero-order valence-electron chi connectivity index (χ0n) is 17.1. The maximum absolute atomic E-state index is 13.1. The molecule has 4 rings (SSSR count). The molecule has 8 heteroatoms. The first-order chi connectivity index (χ1) is 14.6. The third-order valence-corrected chi connectivity index (χ3v) is 5.30. The van der Waals surface area contributed by atoms with E-state index in [1.165, 1.54) is 11.8 Å². The number of aromatic nitrogens is 3. The predicted octanol–water partition coefficient (Wildman–Crippen LogP) is 1.81. The van der Waals surface area contributed by atoms with Crippen LogP contribution in [0.15, 0.2) is 53.3 Å². The summed E-state index contributed by atoms with van der Waals surface area (Å²) in [6.07, 6.45) is 0.515. The number of ether oxygens (including phenoxy) is 2. The minimum atomic E-state index is -0.148. The summed E-state index contributed by atoms with van der Waals surface area (Å²) in [5.41, 5.74) is 1.35. The quantitative estimate of drug-likeness (QED) is 0.643. The topological polar surface area (TPSA) is 78.6 Å². The Morgan fingerprint density at radius 2 is 1.83 bits per heavy atom. The van der Waals surface area contributed by atoms with E-state index >= 15 is 0 Å². The lowest BCUT2D eigenvalue weighted by Crippen LogP contribution is -2.35. The van der Waals surface area contributed by atoms with Gasteiger partial charge in [0.2, 0.25) is 0 Å². The van der Waals surface area contributed by atoms with Crippen molar-refractivity contribution in [3.63, 3.8) is 0 Å². The van der Waals surface area contributed by atoms with E-state index in [0.29, 0.717) is 55.5 Å². The summed E-state index contributed by atoms with van der Waals surface area (Å²) in [7, 11) is 3.09. The van der Waals surface area contributed by atoms with Crippen LogP contribution in [-0.4, -0.2) is 52.5 Å². The number of methoxy groups -OCH3 is 2. The van der Waals surface area contributed by atoms with Gasteiger partial charge in [-0.2, -0.15) is 5.10 Å². The van der Waals surface area contributed by atoms with Crippen LogP contribution in [0, 0.1) is 0 Å². The van der Waals surface area contributed by atoms with Crippen molar-refractivity contribution in [3.05, 3.63) is 76.0 Å². The molecule has 30 heavy (non-hydrogen) atoms. The van der Waals surface area contributed by atoms with Gasteiger partial charge in [-0.05, 0) is 17.7 Å². The summed E-state index contributed by atoms with van der Waals surface area (Å²) in [6.45, 7) is 1.76. The Balaban J connectivity index is 1.51. The number of rotatable bonds is 5. The molecule has 0 saturated heterocycles. The summed E-state index contributed by atoms with van der Waals surface area (Å²) in [4.78, 5) is 27.6. The Bertz CT molecular complexity index is 1100. The summed E-state index contributed by atoms with van der Waals surface area (Å²) in [6, 6.07) is 14.9. The number of carbonyl (C=O) groups excluding carboxylic acids is 1. The lowest BCUT2D eigenvalue weighted by atomic mass is 10.1. The molecule has 2 heterocycles. The van der Waals surface area contributed by atoms with E-state index in [1.54, 1.807) is 34.8 Å². The maximum Gasteiger partial charge on any atom is 0.346 e. The van der Waals surface area contributed by atoms with Crippen molar-refractivity contribution in [3.8, 4) is 11.5 Å². The molecule has 3 aromatic rings. The van der Waals surface area contributed by atoms with E-state index in [-0.39, 0.29) is 11.6 Å². The Morgan fingerprint density at radius 1 is 1.03 bits per heavy atom. The minimum absolute atomic E-state index is 0.134. The molecule has 1 aliphatic heterocycles. The Labute approximate surface area is 174 Å². The van der Waals surface area contributed by atoms with E-state index in [2.05, 4.69) is 5.10 Å². The van der Waals surface area contributed by atoms with Gasteiger partial charge in [-0.3, -0.25) is 9.36 Å². The first-order valence-electron chi connectivity index (χ1n) is 9.82. The Hall–Kier alpha value is -3.55. The van der Waals surface area contributed by atoms with Gasteiger partial charge >= 0.3 is 5.69 Å². The molecule has 0 fully saturated rings. The molecule has 156 valence electrons. The van der Waals surface area contributed by atoms with E-state index in [9.17, 15) is 9.59 Å². The van der Waals surface area contributed by atoms with Gasteiger partial charge < -0.3 is 14.4 Å². The molecule has 0 radical (unpaired) electrons. The smallest absolute Gasteiger partial charge is 0.346 e. The van der Waals surface area contributed by atoms with Crippen LogP contribution in [0.1, 0.15) is 21.7 Å². The molecule has 8 nitrogen and oxygen atoms in total. The molecular weight excluding hydrogens is 384 g/mol.